The van der Waals surface area contributed by atoms with Gasteiger partial charge in [-0.25, -0.2) is 0 Å². The van der Waals surface area contributed by atoms with Crippen molar-refractivity contribution in [2.24, 2.45) is 5.92 Å². The number of nitrogens with zero attached hydrogens (tertiary/aromatic N) is 1. The van der Waals surface area contributed by atoms with Crippen molar-refractivity contribution in [3.05, 3.63) is 35.4 Å². The third-order valence-corrected chi connectivity index (χ3v) is 4.46. The summed E-state index contributed by atoms with van der Waals surface area (Å²) < 4.78 is 5.38. The standard InChI is InChI=1S/C16H21NO3/c18-16(19)15-9-13-3-1-2-4-14(13)11-17(15)10-12-5-7-20-8-6-12/h1-4,12,15H,5-11H2,(H,18,19). The van der Waals surface area contributed by atoms with E-state index in [1.807, 2.05) is 12.1 Å². The normalized spacial score (nSPS) is 24.3. The van der Waals surface area contributed by atoms with Crippen LogP contribution in [0.4, 0.5) is 0 Å². The topological polar surface area (TPSA) is 49.8 Å². The van der Waals surface area contributed by atoms with Crippen LogP contribution in [0.1, 0.15) is 24.0 Å². The van der Waals surface area contributed by atoms with E-state index in [2.05, 4.69) is 17.0 Å². The number of carboxylic acid groups (broad SMARTS) is 1. The van der Waals surface area contributed by atoms with Crippen molar-refractivity contribution in [3.63, 3.8) is 0 Å². The fourth-order valence-corrected chi connectivity index (χ4v) is 3.27. The van der Waals surface area contributed by atoms with Crippen molar-refractivity contribution in [2.45, 2.75) is 31.8 Å². The van der Waals surface area contributed by atoms with Crippen LogP contribution in [0.25, 0.3) is 0 Å². The molecular weight excluding hydrogens is 254 g/mol. The molecule has 0 bridgehead atoms. The quantitative estimate of drug-likeness (QED) is 0.915. The van der Waals surface area contributed by atoms with Gasteiger partial charge in [0.25, 0.3) is 0 Å². The summed E-state index contributed by atoms with van der Waals surface area (Å²) in [6, 6.07) is 7.81. The van der Waals surface area contributed by atoms with Crippen LogP contribution < -0.4 is 0 Å². The molecule has 1 aromatic rings. The van der Waals surface area contributed by atoms with Crippen molar-refractivity contribution >= 4 is 5.97 Å². The number of carboxylic acids is 1. The Morgan fingerprint density at radius 3 is 2.65 bits per heavy atom. The van der Waals surface area contributed by atoms with E-state index < -0.39 is 5.97 Å². The minimum absolute atomic E-state index is 0.382. The first-order valence-corrected chi connectivity index (χ1v) is 7.35. The highest BCUT2D eigenvalue weighted by atomic mass is 16.5. The zero-order valence-corrected chi connectivity index (χ0v) is 11.6. The largest absolute Gasteiger partial charge is 0.480 e. The van der Waals surface area contributed by atoms with Crippen LogP contribution in [0.5, 0.6) is 0 Å². The van der Waals surface area contributed by atoms with Gasteiger partial charge in [0, 0.05) is 26.3 Å². The Balaban J connectivity index is 1.75. The molecular formula is C16H21NO3. The monoisotopic (exact) mass is 275 g/mol. The molecule has 4 nitrogen and oxygen atoms in total. The van der Waals surface area contributed by atoms with E-state index in [9.17, 15) is 9.90 Å². The highest BCUT2D eigenvalue weighted by molar-refractivity contribution is 5.74. The highest BCUT2D eigenvalue weighted by Crippen LogP contribution is 2.26. The summed E-state index contributed by atoms with van der Waals surface area (Å²) in [6.45, 7) is 3.25. The first-order valence-electron chi connectivity index (χ1n) is 7.35. The van der Waals surface area contributed by atoms with E-state index in [0.29, 0.717) is 12.3 Å². The molecule has 1 saturated heterocycles. The second-order valence-electron chi connectivity index (χ2n) is 5.81. The van der Waals surface area contributed by atoms with Gasteiger partial charge in [0.05, 0.1) is 0 Å². The SMILES string of the molecule is O=C(O)C1Cc2ccccc2CN1CC1CCOCC1. The summed E-state index contributed by atoms with van der Waals surface area (Å²) in [5.41, 5.74) is 2.46. The number of ether oxygens (including phenoxy) is 1. The molecule has 0 radical (unpaired) electrons. The Kier molecular flexibility index (Phi) is 4.03. The molecule has 0 saturated carbocycles. The van der Waals surface area contributed by atoms with Crippen LogP contribution in [0.2, 0.25) is 0 Å². The molecule has 0 amide bonds. The molecule has 0 spiro atoms. The average molecular weight is 275 g/mol. The average Bonchev–Trinajstić information content (AvgIpc) is 2.47. The van der Waals surface area contributed by atoms with Gasteiger partial charge in [-0.2, -0.15) is 0 Å². The summed E-state index contributed by atoms with van der Waals surface area (Å²) in [5, 5.41) is 9.50. The van der Waals surface area contributed by atoms with Gasteiger partial charge < -0.3 is 9.84 Å². The maximum Gasteiger partial charge on any atom is 0.321 e. The van der Waals surface area contributed by atoms with Gasteiger partial charge in [0.1, 0.15) is 6.04 Å². The number of rotatable bonds is 3. The third-order valence-electron chi connectivity index (χ3n) is 4.46. The summed E-state index contributed by atoms with van der Waals surface area (Å²) >= 11 is 0. The lowest BCUT2D eigenvalue weighted by molar-refractivity contribution is -0.144. The molecule has 1 atom stereocenters. The smallest absolute Gasteiger partial charge is 0.321 e. The molecule has 108 valence electrons. The summed E-state index contributed by atoms with van der Waals surface area (Å²) in [6.07, 6.45) is 2.71. The molecule has 20 heavy (non-hydrogen) atoms. The predicted octanol–water partition coefficient (Wildman–Crippen LogP) is 1.92. The van der Waals surface area contributed by atoms with Crippen molar-refractivity contribution < 1.29 is 14.6 Å². The van der Waals surface area contributed by atoms with Crippen LogP contribution in [-0.2, 0) is 22.5 Å². The lowest BCUT2D eigenvalue weighted by Crippen LogP contribution is -2.47. The molecule has 1 fully saturated rings. The van der Waals surface area contributed by atoms with Crippen LogP contribution in [0.15, 0.2) is 24.3 Å². The zero-order chi connectivity index (χ0) is 13.9. The molecule has 2 aliphatic rings. The minimum Gasteiger partial charge on any atom is -0.480 e. The molecule has 0 aromatic heterocycles. The molecule has 1 N–H and O–H groups in total. The van der Waals surface area contributed by atoms with Gasteiger partial charge in [-0.1, -0.05) is 24.3 Å². The summed E-state index contributed by atoms with van der Waals surface area (Å²) in [4.78, 5) is 13.7. The van der Waals surface area contributed by atoms with Gasteiger partial charge in [-0.05, 0) is 36.3 Å². The molecule has 0 aliphatic carbocycles. The lowest BCUT2D eigenvalue weighted by Gasteiger charge is -2.37. The second-order valence-corrected chi connectivity index (χ2v) is 5.81. The van der Waals surface area contributed by atoms with E-state index in [0.717, 1.165) is 39.1 Å². The number of aliphatic carboxylic acids is 1. The van der Waals surface area contributed by atoms with Crippen molar-refractivity contribution in [2.75, 3.05) is 19.8 Å². The molecule has 3 rings (SSSR count). The zero-order valence-electron chi connectivity index (χ0n) is 11.6. The molecule has 1 unspecified atom stereocenters. The minimum atomic E-state index is -0.702. The summed E-state index contributed by atoms with van der Waals surface area (Å²) in [7, 11) is 0. The van der Waals surface area contributed by atoms with Gasteiger partial charge >= 0.3 is 5.97 Å². The number of benzene rings is 1. The Hall–Kier alpha value is -1.39. The van der Waals surface area contributed by atoms with Gasteiger partial charge in [0.15, 0.2) is 0 Å². The van der Waals surface area contributed by atoms with Crippen LogP contribution in [0, 0.1) is 5.92 Å². The predicted molar refractivity (Wildman–Crippen MR) is 75.5 cm³/mol. The fourth-order valence-electron chi connectivity index (χ4n) is 3.27. The number of fused-ring (bicyclic) bond motifs is 1. The Morgan fingerprint density at radius 1 is 1.25 bits per heavy atom. The molecule has 1 aromatic carbocycles. The Labute approximate surface area is 119 Å². The molecule has 2 aliphatic heterocycles. The van der Waals surface area contributed by atoms with E-state index in [4.69, 9.17) is 4.74 Å². The van der Waals surface area contributed by atoms with Crippen LogP contribution in [0.3, 0.4) is 0 Å². The van der Waals surface area contributed by atoms with Gasteiger partial charge in [0.2, 0.25) is 0 Å². The third kappa shape index (κ3) is 2.86. The van der Waals surface area contributed by atoms with Gasteiger partial charge in [-0.3, -0.25) is 9.69 Å². The first-order chi connectivity index (χ1) is 9.74. The first kappa shape index (κ1) is 13.6. The number of carbonyl (C=O) groups is 1. The van der Waals surface area contributed by atoms with E-state index >= 15 is 0 Å². The van der Waals surface area contributed by atoms with Crippen LogP contribution >= 0.6 is 0 Å². The van der Waals surface area contributed by atoms with Crippen molar-refractivity contribution in [1.29, 1.82) is 0 Å². The van der Waals surface area contributed by atoms with E-state index in [-0.39, 0.29) is 6.04 Å². The van der Waals surface area contributed by atoms with Gasteiger partial charge in [-0.15, -0.1) is 0 Å². The highest BCUT2D eigenvalue weighted by Gasteiger charge is 2.32. The van der Waals surface area contributed by atoms with Crippen LogP contribution in [-0.4, -0.2) is 41.8 Å². The molecule has 4 heteroatoms. The van der Waals surface area contributed by atoms with Crippen molar-refractivity contribution in [3.8, 4) is 0 Å². The van der Waals surface area contributed by atoms with E-state index in [1.165, 1.54) is 11.1 Å². The lowest BCUT2D eigenvalue weighted by atomic mass is 9.91. The maximum atomic E-state index is 11.5. The number of hydrogen-bond donors (Lipinski definition) is 1. The molecule has 2 heterocycles. The number of hydrogen-bond acceptors (Lipinski definition) is 3. The second kappa shape index (κ2) is 5.94. The van der Waals surface area contributed by atoms with E-state index in [1.54, 1.807) is 0 Å². The maximum absolute atomic E-state index is 11.5. The Morgan fingerprint density at radius 2 is 1.95 bits per heavy atom. The Bertz CT molecular complexity index is 482. The fraction of sp³-hybridized carbons (Fsp3) is 0.562. The van der Waals surface area contributed by atoms with Crippen molar-refractivity contribution in [1.82, 2.24) is 4.90 Å². The summed E-state index contributed by atoms with van der Waals surface area (Å²) in [5.74, 6) is -0.137.